The molecule has 1 aliphatic rings. The van der Waals surface area contributed by atoms with Crippen molar-refractivity contribution in [1.82, 2.24) is 29.9 Å². The fourth-order valence-corrected chi connectivity index (χ4v) is 3.61. The zero-order chi connectivity index (χ0) is 18.2. The van der Waals surface area contributed by atoms with Crippen LogP contribution in [0.1, 0.15) is 25.7 Å². The highest BCUT2D eigenvalue weighted by atomic mass is 15.4. The Hall–Kier alpha value is -3.13. The minimum Gasteiger partial charge on any atom is -0.351 e. The van der Waals surface area contributed by atoms with Gasteiger partial charge in [-0.3, -0.25) is 4.98 Å². The number of aromatic nitrogens is 6. The predicted octanol–water partition coefficient (Wildman–Crippen LogP) is 2.44. The van der Waals surface area contributed by atoms with Crippen LogP contribution in [0.4, 0.5) is 5.95 Å². The highest BCUT2D eigenvalue weighted by Crippen LogP contribution is 2.22. The molecular weight excluding hydrogens is 340 g/mol. The Morgan fingerprint density at radius 3 is 2.81 bits per heavy atom. The van der Waals surface area contributed by atoms with Gasteiger partial charge >= 0.3 is 0 Å². The average molecular weight is 360 g/mol. The number of anilines is 1. The molecule has 0 amide bonds. The molecule has 136 valence electrons. The molecule has 8 heteroatoms. The lowest BCUT2D eigenvalue weighted by atomic mass is 9.92. The van der Waals surface area contributed by atoms with Crippen LogP contribution in [0.2, 0.25) is 0 Å². The third kappa shape index (κ3) is 3.08. The van der Waals surface area contributed by atoms with Crippen LogP contribution in [0.3, 0.4) is 0 Å². The van der Waals surface area contributed by atoms with Gasteiger partial charge in [0, 0.05) is 23.7 Å². The van der Waals surface area contributed by atoms with Crippen molar-refractivity contribution in [2.45, 2.75) is 37.8 Å². The molecule has 1 saturated carbocycles. The van der Waals surface area contributed by atoms with E-state index in [-0.39, 0.29) is 0 Å². The lowest BCUT2D eigenvalue weighted by Crippen LogP contribution is -2.33. The van der Waals surface area contributed by atoms with E-state index >= 15 is 0 Å². The number of hydrogen-bond donors (Lipinski definition) is 2. The second-order valence-corrected chi connectivity index (χ2v) is 7.04. The molecule has 0 atom stereocenters. The summed E-state index contributed by atoms with van der Waals surface area (Å²) in [6, 6.07) is 10.6. The summed E-state index contributed by atoms with van der Waals surface area (Å²) < 4.78 is 1.74. The second-order valence-electron chi connectivity index (χ2n) is 7.04. The number of benzene rings is 1. The molecule has 3 heterocycles. The van der Waals surface area contributed by atoms with E-state index in [1.165, 1.54) is 0 Å². The topological polar surface area (TPSA) is 107 Å². The van der Waals surface area contributed by atoms with Gasteiger partial charge in [-0.15, -0.1) is 5.10 Å². The van der Waals surface area contributed by atoms with Gasteiger partial charge in [0.25, 0.3) is 0 Å². The molecule has 0 aliphatic heterocycles. The largest absolute Gasteiger partial charge is 0.351 e. The van der Waals surface area contributed by atoms with Gasteiger partial charge in [0.2, 0.25) is 5.95 Å². The number of nitrogens with zero attached hydrogens (tertiary/aromatic N) is 6. The molecule has 4 aromatic rings. The van der Waals surface area contributed by atoms with Crippen molar-refractivity contribution >= 4 is 28.0 Å². The molecule has 8 nitrogen and oxygen atoms in total. The molecule has 0 bridgehead atoms. The van der Waals surface area contributed by atoms with Crippen molar-refractivity contribution in [2.75, 3.05) is 5.32 Å². The third-order valence-corrected chi connectivity index (χ3v) is 5.13. The molecule has 0 radical (unpaired) electrons. The summed E-state index contributed by atoms with van der Waals surface area (Å²) >= 11 is 0. The van der Waals surface area contributed by atoms with Crippen LogP contribution in [-0.2, 0) is 0 Å². The van der Waals surface area contributed by atoms with Crippen LogP contribution < -0.4 is 11.1 Å². The Bertz CT molecular complexity index is 1100. The highest BCUT2D eigenvalue weighted by Gasteiger charge is 2.19. The van der Waals surface area contributed by atoms with E-state index in [1.54, 1.807) is 17.1 Å². The van der Waals surface area contributed by atoms with E-state index < -0.39 is 0 Å². The summed E-state index contributed by atoms with van der Waals surface area (Å²) in [5.74, 6) is 0.606. The summed E-state index contributed by atoms with van der Waals surface area (Å²) in [6.45, 7) is 0. The van der Waals surface area contributed by atoms with Gasteiger partial charge in [0.05, 0.1) is 17.4 Å². The van der Waals surface area contributed by atoms with Crippen LogP contribution >= 0.6 is 0 Å². The van der Waals surface area contributed by atoms with Crippen LogP contribution in [0.5, 0.6) is 0 Å². The fourth-order valence-electron chi connectivity index (χ4n) is 3.61. The number of hydrogen-bond acceptors (Lipinski definition) is 7. The first-order chi connectivity index (χ1) is 13.3. The maximum Gasteiger partial charge on any atom is 0.225 e. The Kier molecular flexibility index (Phi) is 3.90. The molecule has 5 rings (SSSR count). The summed E-state index contributed by atoms with van der Waals surface area (Å²) in [5.41, 5.74) is 9.18. The highest BCUT2D eigenvalue weighted by molar-refractivity contribution is 5.81. The van der Waals surface area contributed by atoms with Crippen LogP contribution in [-0.4, -0.2) is 42.0 Å². The minimum absolute atomic E-state index is 0.319. The Balaban J connectivity index is 1.49. The summed E-state index contributed by atoms with van der Waals surface area (Å²) in [4.78, 5) is 13.4. The zero-order valence-electron chi connectivity index (χ0n) is 14.8. The number of nitrogens with two attached hydrogens (primary N) is 1. The Morgan fingerprint density at radius 2 is 1.93 bits per heavy atom. The molecule has 0 spiro atoms. The molecule has 0 saturated heterocycles. The van der Waals surface area contributed by atoms with Crippen molar-refractivity contribution in [1.29, 1.82) is 0 Å². The van der Waals surface area contributed by atoms with Crippen LogP contribution in [0, 0.1) is 0 Å². The minimum atomic E-state index is 0.319. The number of fused-ring (bicyclic) bond motifs is 2. The quantitative estimate of drug-likeness (QED) is 0.578. The first kappa shape index (κ1) is 16.1. The summed E-state index contributed by atoms with van der Waals surface area (Å²) in [5, 5.41) is 13.0. The number of rotatable bonds is 3. The molecule has 3 N–H and O–H groups in total. The molecule has 1 fully saturated rings. The van der Waals surface area contributed by atoms with Gasteiger partial charge in [0.1, 0.15) is 0 Å². The summed E-state index contributed by atoms with van der Waals surface area (Å²) in [7, 11) is 0. The van der Waals surface area contributed by atoms with Crippen molar-refractivity contribution in [3.05, 3.63) is 42.7 Å². The fraction of sp³-hybridized carbons (Fsp3) is 0.316. The lowest BCUT2D eigenvalue weighted by molar-refractivity contribution is 0.410. The van der Waals surface area contributed by atoms with Gasteiger partial charge in [0.15, 0.2) is 11.2 Å². The standard InChI is InChI=1S/C19H20N8/c20-13-3-5-14(6-4-13)23-19-22-11-17-18(24-19)27(26-25-17)15-7-8-16-12(10-15)2-1-9-21-16/h1-2,7-11,13-14H,3-6,20H2,(H,22,23,24). The van der Waals surface area contributed by atoms with Gasteiger partial charge in [-0.25, -0.2) is 4.98 Å². The van der Waals surface area contributed by atoms with E-state index in [1.807, 2.05) is 30.3 Å². The van der Waals surface area contributed by atoms with E-state index in [4.69, 9.17) is 5.73 Å². The zero-order valence-corrected chi connectivity index (χ0v) is 14.8. The van der Waals surface area contributed by atoms with E-state index in [9.17, 15) is 0 Å². The molecule has 0 unspecified atom stereocenters. The van der Waals surface area contributed by atoms with Crippen molar-refractivity contribution in [2.24, 2.45) is 5.73 Å². The first-order valence-electron chi connectivity index (χ1n) is 9.22. The SMILES string of the molecule is NC1CCC(Nc2ncc3nnn(-c4ccc5ncccc5c4)c3n2)CC1. The van der Waals surface area contributed by atoms with E-state index in [2.05, 4.69) is 30.6 Å². The average Bonchev–Trinajstić information content (AvgIpc) is 3.13. The second kappa shape index (κ2) is 6.55. The monoisotopic (exact) mass is 360 g/mol. The Morgan fingerprint density at radius 1 is 1.04 bits per heavy atom. The van der Waals surface area contributed by atoms with Gasteiger partial charge < -0.3 is 11.1 Å². The van der Waals surface area contributed by atoms with Crippen molar-refractivity contribution < 1.29 is 0 Å². The third-order valence-electron chi connectivity index (χ3n) is 5.13. The molecule has 27 heavy (non-hydrogen) atoms. The van der Waals surface area contributed by atoms with Crippen LogP contribution in [0.15, 0.2) is 42.7 Å². The molecular formula is C19H20N8. The van der Waals surface area contributed by atoms with Gasteiger partial charge in [-0.1, -0.05) is 11.3 Å². The summed E-state index contributed by atoms with van der Waals surface area (Å²) in [6.07, 6.45) is 7.64. The van der Waals surface area contributed by atoms with Crippen molar-refractivity contribution in [3.8, 4) is 5.69 Å². The van der Waals surface area contributed by atoms with Gasteiger partial charge in [-0.05, 0) is 49.9 Å². The lowest BCUT2D eigenvalue weighted by Gasteiger charge is -2.26. The first-order valence-corrected chi connectivity index (χ1v) is 9.22. The van der Waals surface area contributed by atoms with Crippen molar-refractivity contribution in [3.63, 3.8) is 0 Å². The van der Waals surface area contributed by atoms with Crippen LogP contribution in [0.25, 0.3) is 27.8 Å². The maximum atomic E-state index is 5.99. The maximum absolute atomic E-state index is 5.99. The van der Waals surface area contributed by atoms with E-state index in [0.717, 1.165) is 42.3 Å². The normalized spacial score (nSPS) is 20.2. The molecule has 3 aromatic heterocycles. The number of pyridine rings is 1. The smallest absolute Gasteiger partial charge is 0.225 e. The Labute approximate surface area is 155 Å². The molecule has 1 aromatic carbocycles. The van der Waals surface area contributed by atoms with Gasteiger partial charge in [-0.2, -0.15) is 9.67 Å². The predicted molar refractivity (Wildman–Crippen MR) is 104 cm³/mol. The van der Waals surface area contributed by atoms with E-state index in [0.29, 0.717) is 29.2 Å². The molecule has 1 aliphatic carbocycles. The number of nitrogens with one attached hydrogen (secondary N) is 1.